The molecule has 1 N–H and O–H groups in total. The Bertz CT molecular complexity index is 597. The Morgan fingerprint density at radius 2 is 1.90 bits per heavy atom. The van der Waals surface area contributed by atoms with Gasteiger partial charge in [-0.1, -0.05) is 31.5 Å². The summed E-state index contributed by atoms with van der Waals surface area (Å²) in [7, 11) is 0. The van der Waals surface area contributed by atoms with Crippen LogP contribution in [0.3, 0.4) is 0 Å². The van der Waals surface area contributed by atoms with Crippen LogP contribution in [0.4, 0.5) is 4.79 Å². The molecule has 108 valence electrons. The summed E-state index contributed by atoms with van der Waals surface area (Å²) in [5.41, 5.74) is 4.15. The second-order valence-corrected chi connectivity index (χ2v) is 4.36. The molecule has 1 heterocycles. The van der Waals surface area contributed by atoms with Crippen molar-refractivity contribution in [2.75, 3.05) is 0 Å². The predicted molar refractivity (Wildman–Crippen MR) is 81.3 cm³/mol. The van der Waals surface area contributed by atoms with Crippen molar-refractivity contribution in [3.8, 4) is 5.75 Å². The summed E-state index contributed by atoms with van der Waals surface area (Å²) >= 11 is 0. The molecule has 0 saturated carbocycles. The highest BCUT2D eigenvalue weighted by atomic mass is 16.6. The van der Waals surface area contributed by atoms with Crippen LogP contribution < -0.4 is 10.2 Å². The fourth-order valence-electron chi connectivity index (χ4n) is 1.78. The maximum absolute atomic E-state index is 11.7. The van der Waals surface area contributed by atoms with E-state index in [4.69, 9.17) is 4.74 Å². The fraction of sp³-hybridized carbons (Fsp3) is 0.188. The smallest absolute Gasteiger partial charge is 0.409 e. The summed E-state index contributed by atoms with van der Waals surface area (Å²) < 4.78 is 5.11. The summed E-state index contributed by atoms with van der Waals surface area (Å²) in [4.78, 5) is 15.7. The Morgan fingerprint density at radius 3 is 2.57 bits per heavy atom. The van der Waals surface area contributed by atoms with Gasteiger partial charge in [0.2, 0.25) is 0 Å². The molecule has 21 heavy (non-hydrogen) atoms. The number of nitrogens with one attached hydrogen (secondary N) is 1. The zero-order valence-electron chi connectivity index (χ0n) is 11.8. The second-order valence-electron chi connectivity index (χ2n) is 4.36. The topological polar surface area (TPSA) is 63.6 Å². The zero-order chi connectivity index (χ0) is 14.9. The van der Waals surface area contributed by atoms with Gasteiger partial charge in [-0.25, -0.2) is 10.2 Å². The van der Waals surface area contributed by atoms with Crippen molar-refractivity contribution in [3.05, 3.63) is 60.4 Å². The number of pyridine rings is 1. The highest BCUT2D eigenvalue weighted by Crippen LogP contribution is 2.08. The van der Waals surface area contributed by atoms with E-state index >= 15 is 0 Å². The molecule has 1 aromatic heterocycles. The number of amides is 1. The minimum atomic E-state index is -0.608. The SMILES string of the molecule is CCCC(=NNC(=O)Oc1ccccc1)c1ccncc1. The van der Waals surface area contributed by atoms with E-state index in [9.17, 15) is 4.79 Å². The molecular formula is C16H17N3O2. The lowest BCUT2D eigenvalue weighted by atomic mass is 10.1. The third-order valence-electron chi connectivity index (χ3n) is 2.74. The standard InChI is InChI=1S/C16H17N3O2/c1-2-6-15(13-9-11-17-12-10-13)18-19-16(20)21-14-7-4-3-5-8-14/h3-5,7-12H,2,6H2,1H3,(H,19,20). The minimum Gasteiger partial charge on any atom is -0.409 e. The average Bonchev–Trinajstić information content (AvgIpc) is 2.53. The van der Waals surface area contributed by atoms with Crippen LogP contribution in [0.25, 0.3) is 0 Å². The summed E-state index contributed by atoms with van der Waals surface area (Å²) in [5, 5.41) is 4.14. The minimum absolute atomic E-state index is 0.478. The van der Waals surface area contributed by atoms with Crippen LogP contribution in [0.15, 0.2) is 60.0 Å². The number of hydrogen-bond donors (Lipinski definition) is 1. The molecule has 1 amide bonds. The number of rotatable bonds is 5. The Balaban J connectivity index is 2.01. The van der Waals surface area contributed by atoms with Crippen molar-refractivity contribution in [2.45, 2.75) is 19.8 Å². The van der Waals surface area contributed by atoms with Gasteiger partial charge in [-0.15, -0.1) is 0 Å². The van der Waals surface area contributed by atoms with E-state index in [1.54, 1.807) is 36.7 Å². The molecular weight excluding hydrogens is 266 g/mol. The first-order valence-corrected chi connectivity index (χ1v) is 6.79. The summed E-state index contributed by atoms with van der Waals surface area (Å²) in [6, 6.07) is 12.6. The van der Waals surface area contributed by atoms with Gasteiger partial charge in [-0.05, 0) is 30.7 Å². The fourth-order valence-corrected chi connectivity index (χ4v) is 1.78. The molecule has 0 bridgehead atoms. The van der Waals surface area contributed by atoms with E-state index in [0.29, 0.717) is 5.75 Å². The van der Waals surface area contributed by atoms with Gasteiger partial charge < -0.3 is 4.74 Å². The molecule has 0 aliphatic rings. The molecule has 0 atom stereocenters. The van der Waals surface area contributed by atoms with E-state index in [1.807, 2.05) is 18.2 Å². The third kappa shape index (κ3) is 4.72. The van der Waals surface area contributed by atoms with Crippen LogP contribution in [-0.2, 0) is 0 Å². The average molecular weight is 283 g/mol. The Hall–Kier alpha value is -2.69. The maximum Gasteiger partial charge on any atom is 0.433 e. The molecule has 5 heteroatoms. The molecule has 2 rings (SSSR count). The highest BCUT2D eigenvalue weighted by molar-refractivity contribution is 6.00. The monoisotopic (exact) mass is 283 g/mol. The first kappa shape index (κ1) is 14.7. The van der Waals surface area contributed by atoms with Crippen molar-refractivity contribution >= 4 is 11.8 Å². The summed E-state index contributed by atoms with van der Waals surface area (Å²) in [6.07, 6.45) is 4.47. The van der Waals surface area contributed by atoms with Gasteiger partial charge in [-0.3, -0.25) is 4.98 Å². The lowest BCUT2D eigenvalue weighted by molar-refractivity contribution is 0.201. The molecule has 0 radical (unpaired) electrons. The first-order valence-electron chi connectivity index (χ1n) is 6.79. The number of ether oxygens (including phenoxy) is 1. The number of aromatic nitrogens is 1. The van der Waals surface area contributed by atoms with Gasteiger partial charge in [0.25, 0.3) is 0 Å². The van der Waals surface area contributed by atoms with Gasteiger partial charge >= 0.3 is 6.09 Å². The number of hydrogen-bond acceptors (Lipinski definition) is 4. The van der Waals surface area contributed by atoms with Crippen LogP contribution in [0.5, 0.6) is 5.75 Å². The highest BCUT2D eigenvalue weighted by Gasteiger charge is 2.06. The van der Waals surface area contributed by atoms with Crippen molar-refractivity contribution in [1.29, 1.82) is 0 Å². The second kappa shape index (κ2) is 7.79. The van der Waals surface area contributed by atoms with Crippen molar-refractivity contribution < 1.29 is 9.53 Å². The Morgan fingerprint density at radius 1 is 1.19 bits per heavy atom. The number of benzene rings is 1. The number of nitrogens with zero attached hydrogens (tertiary/aromatic N) is 2. The lowest BCUT2D eigenvalue weighted by Gasteiger charge is -2.06. The van der Waals surface area contributed by atoms with E-state index in [1.165, 1.54) is 0 Å². The number of carbonyl (C=O) groups excluding carboxylic acids is 1. The quantitative estimate of drug-likeness (QED) is 0.676. The molecule has 2 aromatic rings. The van der Waals surface area contributed by atoms with Gasteiger partial charge in [0, 0.05) is 18.0 Å². The zero-order valence-corrected chi connectivity index (χ0v) is 11.8. The molecule has 0 fully saturated rings. The van der Waals surface area contributed by atoms with Gasteiger partial charge in [-0.2, -0.15) is 5.10 Å². The largest absolute Gasteiger partial charge is 0.433 e. The van der Waals surface area contributed by atoms with E-state index in [-0.39, 0.29) is 0 Å². The van der Waals surface area contributed by atoms with Crippen LogP contribution in [0.2, 0.25) is 0 Å². The van der Waals surface area contributed by atoms with E-state index < -0.39 is 6.09 Å². The summed E-state index contributed by atoms with van der Waals surface area (Å²) in [6.45, 7) is 2.05. The van der Waals surface area contributed by atoms with E-state index in [0.717, 1.165) is 24.1 Å². The van der Waals surface area contributed by atoms with Gasteiger partial charge in [0.1, 0.15) is 5.75 Å². The van der Waals surface area contributed by atoms with Crippen molar-refractivity contribution in [3.63, 3.8) is 0 Å². The van der Waals surface area contributed by atoms with Crippen LogP contribution in [0, 0.1) is 0 Å². The maximum atomic E-state index is 11.7. The molecule has 0 spiro atoms. The van der Waals surface area contributed by atoms with Crippen LogP contribution >= 0.6 is 0 Å². The Kier molecular flexibility index (Phi) is 5.46. The molecule has 1 aromatic carbocycles. The molecule has 0 saturated heterocycles. The predicted octanol–water partition coefficient (Wildman–Crippen LogP) is 3.37. The summed E-state index contributed by atoms with van der Waals surface area (Å²) in [5.74, 6) is 0.478. The number of hydrazone groups is 1. The van der Waals surface area contributed by atoms with Crippen molar-refractivity contribution in [2.24, 2.45) is 5.10 Å². The van der Waals surface area contributed by atoms with Gasteiger partial charge in [0.05, 0.1) is 5.71 Å². The third-order valence-corrected chi connectivity index (χ3v) is 2.74. The normalized spacial score (nSPS) is 11.0. The number of para-hydroxylation sites is 1. The van der Waals surface area contributed by atoms with Crippen molar-refractivity contribution in [1.82, 2.24) is 10.4 Å². The molecule has 5 nitrogen and oxygen atoms in total. The van der Waals surface area contributed by atoms with E-state index in [2.05, 4.69) is 22.4 Å². The van der Waals surface area contributed by atoms with Crippen LogP contribution in [0.1, 0.15) is 25.3 Å². The lowest BCUT2D eigenvalue weighted by Crippen LogP contribution is -2.23. The molecule has 0 unspecified atom stereocenters. The Labute approximate surface area is 123 Å². The number of carbonyl (C=O) groups is 1. The van der Waals surface area contributed by atoms with Crippen LogP contribution in [-0.4, -0.2) is 16.8 Å². The molecule has 0 aliphatic carbocycles. The van der Waals surface area contributed by atoms with Gasteiger partial charge in [0.15, 0.2) is 0 Å². The molecule has 0 aliphatic heterocycles. The first-order chi connectivity index (χ1) is 10.3.